The fourth-order valence-corrected chi connectivity index (χ4v) is 2.90. The minimum atomic E-state index is -4.51. The van der Waals surface area contributed by atoms with Crippen LogP contribution in [0.3, 0.4) is 0 Å². The van der Waals surface area contributed by atoms with Gasteiger partial charge < -0.3 is 16.0 Å². The highest BCUT2D eigenvalue weighted by Gasteiger charge is 2.30. The molecule has 3 N–H and O–H groups in total. The lowest BCUT2D eigenvalue weighted by Gasteiger charge is -2.11. The number of alkyl halides is 3. The normalized spacial score (nSPS) is 11.0. The average Bonchev–Trinajstić information content (AvgIpc) is 2.73. The molecule has 5 nitrogen and oxygen atoms in total. The SMILES string of the molecule is O=C(CNc1ccccc1Cl)Nc1cccc(C(=O)Nc2cccc(C(F)(F)F)c2)c1. The number of anilines is 3. The van der Waals surface area contributed by atoms with Crippen LogP contribution in [0.2, 0.25) is 5.02 Å². The van der Waals surface area contributed by atoms with Gasteiger partial charge in [0, 0.05) is 16.9 Å². The maximum atomic E-state index is 12.8. The molecule has 0 saturated carbocycles. The highest BCUT2D eigenvalue weighted by molar-refractivity contribution is 6.33. The molecule has 0 spiro atoms. The molecule has 31 heavy (non-hydrogen) atoms. The summed E-state index contributed by atoms with van der Waals surface area (Å²) in [6.07, 6.45) is -4.51. The number of nitrogens with one attached hydrogen (secondary N) is 3. The monoisotopic (exact) mass is 447 g/mol. The number of carbonyl (C=O) groups excluding carboxylic acids is 2. The summed E-state index contributed by atoms with van der Waals surface area (Å²) in [5.74, 6) is -0.972. The second kappa shape index (κ2) is 9.53. The highest BCUT2D eigenvalue weighted by Crippen LogP contribution is 2.30. The third-order valence-electron chi connectivity index (χ3n) is 4.17. The molecule has 3 aromatic rings. The Kier molecular flexibility index (Phi) is 6.81. The molecule has 0 atom stereocenters. The van der Waals surface area contributed by atoms with E-state index < -0.39 is 17.6 Å². The van der Waals surface area contributed by atoms with Crippen molar-refractivity contribution < 1.29 is 22.8 Å². The van der Waals surface area contributed by atoms with E-state index in [1.165, 1.54) is 24.3 Å². The topological polar surface area (TPSA) is 70.2 Å². The van der Waals surface area contributed by atoms with E-state index in [0.717, 1.165) is 12.1 Å². The van der Waals surface area contributed by atoms with E-state index in [4.69, 9.17) is 11.6 Å². The van der Waals surface area contributed by atoms with Crippen molar-refractivity contribution in [3.63, 3.8) is 0 Å². The number of rotatable bonds is 6. The average molecular weight is 448 g/mol. The number of benzene rings is 3. The third kappa shape index (κ3) is 6.23. The Bertz CT molecular complexity index is 1100. The van der Waals surface area contributed by atoms with Crippen molar-refractivity contribution in [3.05, 3.63) is 88.9 Å². The standard InChI is InChI=1S/C22H17ClF3N3O2/c23-18-9-1-2-10-19(18)27-13-20(30)28-16-7-3-5-14(11-16)21(31)29-17-8-4-6-15(12-17)22(24,25)26/h1-12,27H,13H2,(H,28,30)(H,29,31). The fourth-order valence-electron chi connectivity index (χ4n) is 2.70. The van der Waals surface area contributed by atoms with Gasteiger partial charge in [0.15, 0.2) is 0 Å². The molecule has 0 unspecified atom stereocenters. The summed E-state index contributed by atoms with van der Waals surface area (Å²) in [4.78, 5) is 24.6. The molecule has 2 amide bonds. The predicted octanol–water partition coefficient (Wildman–Crippen LogP) is 5.66. The number of hydrogen-bond donors (Lipinski definition) is 3. The second-order valence-corrected chi connectivity index (χ2v) is 6.90. The van der Waals surface area contributed by atoms with Gasteiger partial charge in [-0.15, -0.1) is 0 Å². The van der Waals surface area contributed by atoms with E-state index in [1.54, 1.807) is 36.4 Å². The van der Waals surface area contributed by atoms with Crippen molar-refractivity contribution in [2.24, 2.45) is 0 Å². The van der Waals surface area contributed by atoms with Gasteiger partial charge in [-0.1, -0.05) is 35.9 Å². The molecule has 0 aliphatic heterocycles. The third-order valence-corrected chi connectivity index (χ3v) is 4.50. The van der Waals surface area contributed by atoms with Crippen molar-refractivity contribution in [2.45, 2.75) is 6.18 Å². The summed E-state index contributed by atoms with van der Waals surface area (Å²) in [5.41, 5.74) is 0.293. The summed E-state index contributed by atoms with van der Waals surface area (Å²) in [7, 11) is 0. The van der Waals surface area contributed by atoms with Crippen LogP contribution in [0.15, 0.2) is 72.8 Å². The number of amides is 2. The molecular weight excluding hydrogens is 431 g/mol. The fraction of sp³-hybridized carbons (Fsp3) is 0.0909. The minimum absolute atomic E-state index is 0.0122. The lowest BCUT2D eigenvalue weighted by atomic mass is 10.1. The van der Waals surface area contributed by atoms with Crippen LogP contribution in [0.4, 0.5) is 30.2 Å². The summed E-state index contributed by atoms with van der Waals surface area (Å²) in [6.45, 7) is -0.0512. The Morgan fingerprint density at radius 1 is 0.839 bits per heavy atom. The van der Waals surface area contributed by atoms with Gasteiger partial charge in [0.2, 0.25) is 5.91 Å². The zero-order valence-electron chi connectivity index (χ0n) is 16.0. The molecule has 0 fully saturated rings. The maximum Gasteiger partial charge on any atom is 0.416 e. The Morgan fingerprint density at radius 2 is 1.52 bits per heavy atom. The Morgan fingerprint density at radius 3 is 2.23 bits per heavy atom. The number of para-hydroxylation sites is 1. The Hall–Kier alpha value is -3.52. The van der Waals surface area contributed by atoms with E-state index >= 15 is 0 Å². The number of hydrogen-bond acceptors (Lipinski definition) is 3. The maximum absolute atomic E-state index is 12.8. The van der Waals surface area contributed by atoms with Crippen LogP contribution in [0.25, 0.3) is 0 Å². The van der Waals surface area contributed by atoms with Gasteiger partial charge in [-0.3, -0.25) is 9.59 Å². The van der Waals surface area contributed by atoms with Crippen LogP contribution in [-0.2, 0) is 11.0 Å². The molecule has 0 heterocycles. The van der Waals surface area contributed by atoms with Crippen molar-refractivity contribution in [1.82, 2.24) is 0 Å². The van der Waals surface area contributed by atoms with Gasteiger partial charge in [0.1, 0.15) is 0 Å². The van der Waals surface area contributed by atoms with E-state index in [-0.39, 0.29) is 23.7 Å². The van der Waals surface area contributed by atoms with Gasteiger partial charge in [-0.25, -0.2) is 0 Å². The Balaban J connectivity index is 1.62. The van der Waals surface area contributed by atoms with Gasteiger partial charge in [-0.05, 0) is 48.5 Å². The predicted molar refractivity (Wildman–Crippen MR) is 114 cm³/mol. The highest BCUT2D eigenvalue weighted by atomic mass is 35.5. The molecule has 0 bridgehead atoms. The molecule has 9 heteroatoms. The van der Waals surface area contributed by atoms with E-state index in [1.807, 2.05) is 0 Å². The molecule has 3 rings (SSSR count). The van der Waals surface area contributed by atoms with Crippen LogP contribution >= 0.6 is 11.6 Å². The van der Waals surface area contributed by atoms with Crippen molar-refractivity contribution in [1.29, 1.82) is 0 Å². The first-order valence-electron chi connectivity index (χ1n) is 9.09. The van der Waals surface area contributed by atoms with Gasteiger partial charge in [0.25, 0.3) is 5.91 Å². The Labute approximate surface area is 181 Å². The van der Waals surface area contributed by atoms with Crippen LogP contribution in [0, 0.1) is 0 Å². The van der Waals surface area contributed by atoms with Crippen LogP contribution in [-0.4, -0.2) is 18.4 Å². The van der Waals surface area contributed by atoms with Crippen LogP contribution < -0.4 is 16.0 Å². The summed E-state index contributed by atoms with van der Waals surface area (Å²) >= 11 is 6.02. The first-order chi connectivity index (χ1) is 14.7. The van der Waals surface area contributed by atoms with Crippen LogP contribution in [0.1, 0.15) is 15.9 Å². The van der Waals surface area contributed by atoms with Crippen molar-refractivity contribution in [2.75, 3.05) is 22.5 Å². The molecular formula is C22H17ClF3N3O2. The molecule has 0 saturated heterocycles. The number of carbonyl (C=O) groups is 2. The van der Waals surface area contributed by atoms with Crippen LogP contribution in [0.5, 0.6) is 0 Å². The van der Waals surface area contributed by atoms with E-state index in [0.29, 0.717) is 16.4 Å². The molecule has 3 aromatic carbocycles. The molecule has 0 aliphatic rings. The first kappa shape index (κ1) is 22.2. The van der Waals surface area contributed by atoms with Gasteiger partial charge in [0.05, 0.1) is 22.8 Å². The summed E-state index contributed by atoms with van der Waals surface area (Å²) in [5, 5.41) is 8.45. The minimum Gasteiger partial charge on any atom is -0.375 e. The van der Waals surface area contributed by atoms with Crippen molar-refractivity contribution in [3.8, 4) is 0 Å². The second-order valence-electron chi connectivity index (χ2n) is 6.50. The molecule has 0 aromatic heterocycles. The zero-order chi connectivity index (χ0) is 22.4. The molecule has 160 valence electrons. The van der Waals surface area contributed by atoms with Gasteiger partial charge in [-0.2, -0.15) is 13.2 Å². The van der Waals surface area contributed by atoms with E-state index in [2.05, 4.69) is 16.0 Å². The molecule has 0 radical (unpaired) electrons. The van der Waals surface area contributed by atoms with Gasteiger partial charge >= 0.3 is 6.18 Å². The number of halogens is 4. The first-order valence-corrected chi connectivity index (χ1v) is 9.47. The summed E-state index contributed by atoms with van der Waals surface area (Å²) < 4.78 is 38.5. The largest absolute Gasteiger partial charge is 0.416 e. The summed E-state index contributed by atoms with van der Waals surface area (Å²) in [6, 6.07) is 17.4. The van der Waals surface area contributed by atoms with Crippen molar-refractivity contribution >= 4 is 40.5 Å². The smallest absolute Gasteiger partial charge is 0.375 e. The lowest BCUT2D eigenvalue weighted by molar-refractivity contribution is -0.137. The molecule has 0 aliphatic carbocycles. The van der Waals surface area contributed by atoms with E-state index in [9.17, 15) is 22.8 Å². The zero-order valence-corrected chi connectivity index (χ0v) is 16.7. The quantitative estimate of drug-likeness (QED) is 0.456. The lowest BCUT2D eigenvalue weighted by Crippen LogP contribution is -2.22.